The van der Waals surface area contributed by atoms with Crippen LogP contribution in [0.15, 0.2) is 65.1 Å². The summed E-state index contributed by atoms with van der Waals surface area (Å²) in [6.07, 6.45) is 0. The van der Waals surface area contributed by atoms with E-state index in [-0.39, 0.29) is 18.1 Å². The van der Waals surface area contributed by atoms with Crippen molar-refractivity contribution in [3.63, 3.8) is 0 Å². The number of aromatic nitrogens is 1. The number of anilines is 1. The van der Waals surface area contributed by atoms with Gasteiger partial charge in [-0.3, -0.25) is 25.2 Å². The standard InChI is InChI=1S/C22H18N4O4S/c1-13(27)14-6-8-15(9-7-14)17-10-11-18(30-17)21(29)26-25-20(28)12-23-22-24-16-4-2-3-5-19(16)31-22/h2-11H,12H2,1H3,(H,23,24)(H,25,28)(H,26,29). The summed E-state index contributed by atoms with van der Waals surface area (Å²) >= 11 is 1.44. The summed E-state index contributed by atoms with van der Waals surface area (Å²) in [5.41, 5.74) is 6.83. The van der Waals surface area contributed by atoms with Gasteiger partial charge in [-0.1, -0.05) is 47.7 Å². The van der Waals surface area contributed by atoms with E-state index in [1.165, 1.54) is 24.3 Å². The van der Waals surface area contributed by atoms with Crippen LogP contribution in [0.3, 0.4) is 0 Å². The number of fused-ring (bicyclic) bond motifs is 1. The zero-order valence-corrected chi connectivity index (χ0v) is 17.3. The molecule has 0 aliphatic heterocycles. The van der Waals surface area contributed by atoms with Crippen molar-refractivity contribution < 1.29 is 18.8 Å². The number of benzene rings is 2. The number of thiazole rings is 1. The third kappa shape index (κ3) is 4.78. The summed E-state index contributed by atoms with van der Waals surface area (Å²) in [6, 6.07) is 17.7. The zero-order valence-electron chi connectivity index (χ0n) is 16.5. The molecule has 3 N–H and O–H groups in total. The molecule has 0 radical (unpaired) electrons. The molecular formula is C22H18N4O4S. The van der Waals surface area contributed by atoms with Gasteiger partial charge >= 0.3 is 5.91 Å². The number of rotatable bonds is 6. The first-order valence-electron chi connectivity index (χ1n) is 9.39. The van der Waals surface area contributed by atoms with Gasteiger partial charge in [0, 0.05) is 11.1 Å². The van der Waals surface area contributed by atoms with Gasteiger partial charge in [0.25, 0.3) is 5.91 Å². The van der Waals surface area contributed by atoms with Gasteiger partial charge in [-0.15, -0.1) is 0 Å². The average Bonchev–Trinajstić information content (AvgIpc) is 3.43. The number of nitrogens with zero attached hydrogens (tertiary/aromatic N) is 1. The van der Waals surface area contributed by atoms with Gasteiger partial charge in [0.05, 0.1) is 16.8 Å². The van der Waals surface area contributed by atoms with E-state index < -0.39 is 11.8 Å². The lowest BCUT2D eigenvalue weighted by Gasteiger charge is -2.06. The molecule has 2 heterocycles. The number of furan rings is 1. The molecule has 0 atom stereocenters. The quantitative estimate of drug-likeness (QED) is 0.315. The lowest BCUT2D eigenvalue weighted by molar-refractivity contribution is -0.120. The minimum absolute atomic E-state index is 0.0283. The Morgan fingerprint density at radius 2 is 1.74 bits per heavy atom. The van der Waals surface area contributed by atoms with Gasteiger partial charge < -0.3 is 9.73 Å². The fourth-order valence-corrected chi connectivity index (χ4v) is 3.68. The summed E-state index contributed by atoms with van der Waals surface area (Å²) < 4.78 is 6.57. The maximum atomic E-state index is 12.2. The fraction of sp³-hybridized carbons (Fsp3) is 0.0909. The van der Waals surface area contributed by atoms with E-state index in [1.54, 1.807) is 30.3 Å². The van der Waals surface area contributed by atoms with Gasteiger partial charge in [0.15, 0.2) is 16.7 Å². The molecule has 0 saturated carbocycles. The SMILES string of the molecule is CC(=O)c1ccc(-c2ccc(C(=O)NNC(=O)CNc3nc4ccccc4s3)o2)cc1. The van der Waals surface area contributed by atoms with Crippen molar-refractivity contribution in [2.75, 3.05) is 11.9 Å². The number of nitrogens with one attached hydrogen (secondary N) is 3. The molecule has 31 heavy (non-hydrogen) atoms. The Bertz CT molecular complexity index is 1230. The topological polar surface area (TPSA) is 113 Å². The van der Waals surface area contributed by atoms with Crippen molar-refractivity contribution in [1.29, 1.82) is 0 Å². The van der Waals surface area contributed by atoms with E-state index in [0.29, 0.717) is 16.5 Å². The van der Waals surface area contributed by atoms with Crippen LogP contribution < -0.4 is 16.2 Å². The molecule has 0 saturated heterocycles. The summed E-state index contributed by atoms with van der Waals surface area (Å²) in [4.78, 5) is 40.0. The lowest BCUT2D eigenvalue weighted by Crippen LogP contribution is -2.44. The van der Waals surface area contributed by atoms with Crippen LogP contribution in [0.4, 0.5) is 5.13 Å². The number of amides is 2. The van der Waals surface area contributed by atoms with Gasteiger partial charge in [-0.05, 0) is 31.2 Å². The number of hydrazine groups is 1. The highest BCUT2D eigenvalue weighted by molar-refractivity contribution is 7.22. The van der Waals surface area contributed by atoms with Crippen LogP contribution in [0, 0.1) is 0 Å². The number of para-hydroxylation sites is 1. The average molecular weight is 434 g/mol. The van der Waals surface area contributed by atoms with Crippen molar-refractivity contribution in [3.8, 4) is 11.3 Å². The monoisotopic (exact) mass is 434 g/mol. The normalized spacial score (nSPS) is 10.6. The Kier molecular flexibility index (Phi) is 5.76. The molecule has 8 nitrogen and oxygen atoms in total. The second kappa shape index (κ2) is 8.80. The molecule has 2 aromatic heterocycles. The molecule has 2 amide bonds. The molecular weight excluding hydrogens is 416 g/mol. The first-order chi connectivity index (χ1) is 15.0. The van der Waals surface area contributed by atoms with Crippen molar-refractivity contribution in [1.82, 2.24) is 15.8 Å². The summed E-state index contributed by atoms with van der Waals surface area (Å²) in [5.74, 6) is -0.521. The number of carbonyl (C=O) groups is 3. The van der Waals surface area contributed by atoms with Gasteiger partial charge in [0.1, 0.15) is 5.76 Å². The lowest BCUT2D eigenvalue weighted by atomic mass is 10.1. The van der Waals surface area contributed by atoms with Crippen LogP contribution in [0.5, 0.6) is 0 Å². The second-order valence-corrected chi connectivity index (χ2v) is 7.67. The Morgan fingerprint density at radius 3 is 2.48 bits per heavy atom. The Labute approximate surface area is 181 Å². The Morgan fingerprint density at radius 1 is 0.968 bits per heavy atom. The molecule has 0 unspecified atom stereocenters. The van der Waals surface area contributed by atoms with Crippen molar-refractivity contribution in [2.24, 2.45) is 0 Å². The number of hydrogen-bond donors (Lipinski definition) is 3. The number of carbonyl (C=O) groups excluding carboxylic acids is 3. The third-order valence-corrected chi connectivity index (χ3v) is 5.41. The van der Waals surface area contributed by atoms with Crippen molar-refractivity contribution >= 4 is 44.3 Å². The zero-order chi connectivity index (χ0) is 21.8. The molecule has 0 fully saturated rings. The summed E-state index contributed by atoms with van der Waals surface area (Å²) in [7, 11) is 0. The van der Waals surface area contributed by atoms with E-state index in [9.17, 15) is 14.4 Å². The molecule has 0 bridgehead atoms. The summed E-state index contributed by atoms with van der Waals surface area (Å²) in [5, 5.41) is 3.55. The van der Waals surface area contributed by atoms with Crippen molar-refractivity contribution in [2.45, 2.75) is 6.92 Å². The van der Waals surface area contributed by atoms with E-state index >= 15 is 0 Å². The predicted octanol–water partition coefficient (Wildman–Crippen LogP) is 3.63. The van der Waals surface area contributed by atoms with E-state index in [2.05, 4.69) is 21.2 Å². The molecule has 156 valence electrons. The maximum Gasteiger partial charge on any atom is 0.305 e. The maximum absolute atomic E-state index is 12.2. The highest BCUT2D eigenvalue weighted by Crippen LogP contribution is 2.25. The second-order valence-electron chi connectivity index (χ2n) is 6.64. The number of Topliss-reactive ketones (excluding diaryl/α,β-unsaturated/α-hetero) is 1. The Hall–Kier alpha value is -3.98. The van der Waals surface area contributed by atoms with Crippen LogP contribution in [0.2, 0.25) is 0 Å². The van der Waals surface area contributed by atoms with Gasteiger partial charge in [-0.25, -0.2) is 4.98 Å². The molecule has 0 aliphatic carbocycles. The van der Waals surface area contributed by atoms with Crippen molar-refractivity contribution in [3.05, 3.63) is 72.0 Å². The van der Waals surface area contributed by atoms with Crippen LogP contribution in [-0.2, 0) is 4.79 Å². The molecule has 9 heteroatoms. The van der Waals surface area contributed by atoms with Crippen LogP contribution in [0.1, 0.15) is 27.8 Å². The van der Waals surface area contributed by atoms with Gasteiger partial charge in [0.2, 0.25) is 0 Å². The minimum atomic E-state index is -0.583. The van der Waals surface area contributed by atoms with Crippen LogP contribution in [0.25, 0.3) is 21.5 Å². The third-order valence-electron chi connectivity index (χ3n) is 4.42. The van der Waals surface area contributed by atoms with E-state index in [4.69, 9.17) is 4.42 Å². The highest BCUT2D eigenvalue weighted by Gasteiger charge is 2.14. The molecule has 4 aromatic rings. The first-order valence-corrected chi connectivity index (χ1v) is 10.2. The fourth-order valence-electron chi connectivity index (χ4n) is 2.82. The molecule has 0 spiro atoms. The Balaban J connectivity index is 1.29. The predicted molar refractivity (Wildman–Crippen MR) is 118 cm³/mol. The molecule has 0 aliphatic rings. The number of ketones is 1. The van der Waals surface area contributed by atoms with Crippen LogP contribution >= 0.6 is 11.3 Å². The molecule has 2 aromatic carbocycles. The van der Waals surface area contributed by atoms with Gasteiger partial charge in [-0.2, -0.15) is 0 Å². The first kappa shape index (κ1) is 20.3. The smallest absolute Gasteiger partial charge is 0.305 e. The largest absolute Gasteiger partial charge is 0.451 e. The molecule has 4 rings (SSSR count). The minimum Gasteiger partial charge on any atom is -0.451 e. The van der Waals surface area contributed by atoms with E-state index in [0.717, 1.165) is 15.8 Å². The van der Waals surface area contributed by atoms with E-state index in [1.807, 2.05) is 24.3 Å². The van der Waals surface area contributed by atoms with Crippen LogP contribution in [-0.4, -0.2) is 29.1 Å². The number of hydrogen-bond acceptors (Lipinski definition) is 7. The highest BCUT2D eigenvalue weighted by atomic mass is 32.1. The summed E-state index contributed by atoms with van der Waals surface area (Å²) in [6.45, 7) is 1.44.